The van der Waals surface area contributed by atoms with E-state index in [-0.39, 0.29) is 5.41 Å². The fourth-order valence-electron chi connectivity index (χ4n) is 3.95. The molecule has 0 aliphatic heterocycles. The average molecular weight is 290 g/mol. The maximum atomic E-state index is 5.62. The number of ether oxygens (including phenoxy) is 2. The third-order valence-electron chi connectivity index (χ3n) is 5.09. The largest absolute Gasteiger partial charge is 0.384 e. The molecule has 0 saturated heterocycles. The molecule has 1 aromatic carbocycles. The van der Waals surface area contributed by atoms with Crippen LogP contribution in [0.4, 0.5) is 0 Å². The van der Waals surface area contributed by atoms with Crippen molar-refractivity contribution in [2.75, 3.05) is 27.4 Å². The lowest BCUT2D eigenvalue weighted by atomic mass is 9.67. The summed E-state index contributed by atoms with van der Waals surface area (Å²) in [4.78, 5) is 0. The Kier molecular flexibility index (Phi) is 6.72. The van der Waals surface area contributed by atoms with E-state index in [9.17, 15) is 0 Å². The van der Waals surface area contributed by atoms with E-state index in [2.05, 4.69) is 30.3 Å². The van der Waals surface area contributed by atoms with Crippen LogP contribution in [0.3, 0.4) is 0 Å². The highest BCUT2D eigenvalue weighted by molar-refractivity contribution is 5.15. The number of methoxy groups -OCH3 is 2. The molecule has 0 spiro atoms. The molecular formula is C19H30O2. The van der Waals surface area contributed by atoms with Crippen LogP contribution in [0.5, 0.6) is 0 Å². The molecule has 0 unspecified atom stereocenters. The van der Waals surface area contributed by atoms with Crippen molar-refractivity contribution >= 4 is 0 Å². The Balaban J connectivity index is 2.08. The van der Waals surface area contributed by atoms with Crippen LogP contribution in [-0.2, 0) is 15.9 Å². The summed E-state index contributed by atoms with van der Waals surface area (Å²) in [5, 5.41) is 0. The van der Waals surface area contributed by atoms with Crippen LogP contribution in [-0.4, -0.2) is 27.4 Å². The SMILES string of the molecule is COCC(CCc1ccccc1)(COC)C1CCCCC1. The van der Waals surface area contributed by atoms with Gasteiger partial charge in [0.1, 0.15) is 0 Å². The molecule has 21 heavy (non-hydrogen) atoms. The van der Waals surface area contributed by atoms with Crippen molar-refractivity contribution in [1.29, 1.82) is 0 Å². The van der Waals surface area contributed by atoms with Crippen molar-refractivity contribution in [2.24, 2.45) is 11.3 Å². The lowest BCUT2D eigenvalue weighted by Gasteiger charge is -2.42. The van der Waals surface area contributed by atoms with Gasteiger partial charge in [0.2, 0.25) is 0 Å². The summed E-state index contributed by atoms with van der Waals surface area (Å²) in [6.45, 7) is 1.64. The topological polar surface area (TPSA) is 18.5 Å². The quantitative estimate of drug-likeness (QED) is 0.703. The molecule has 0 aromatic heterocycles. The van der Waals surface area contributed by atoms with E-state index in [1.54, 1.807) is 0 Å². The Morgan fingerprint density at radius 2 is 1.57 bits per heavy atom. The van der Waals surface area contributed by atoms with Crippen LogP contribution in [0.2, 0.25) is 0 Å². The minimum atomic E-state index is 0.180. The molecule has 1 aromatic rings. The van der Waals surface area contributed by atoms with Crippen molar-refractivity contribution in [3.8, 4) is 0 Å². The van der Waals surface area contributed by atoms with Gasteiger partial charge in [-0.15, -0.1) is 0 Å². The summed E-state index contributed by atoms with van der Waals surface area (Å²) in [6, 6.07) is 10.8. The Labute approximate surface area is 129 Å². The second-order valence-electron chi connectivity index (χ2n) is 6.55. The number of benzene rings is 1. The van der Waals surface area contributed by atoms with E-state index in [0.717, 1.165) is 32.0 Å². The van der Waals surface area contributed by atoms with Crippen molar-refractivity contribution in [3.05, 3.63) is 35.9 Å². The normalized spacial score (nSPS) is 17.0. The highest BCUT2D eigenvalue weighted by atomic mass is 16.5. The fraction of sp³-hybridized carbons (Fsp3) is 0.684. The van der Waals surface area contributed by atoms with Gasteiger partial charge in [-0.05, 0) is 37.2 Å². The van der Waals surface area contributed by atoms with E-state index in [0.29, 0.717) is 0 Å². The van der Waals surface area contributed by atoms with Gasteiger partial charge in [-0.3, -0.25) is 0 Å². The molecule has 0 heterocycles. The maximum absolute atomic E-state index is 5.62. The van der Waals surface area contributed by atoms with Crippen LogP contribution < -0.4 is 0 Å². The zero-order valence-corrected chi connectivity index (χ0v) is 13.6. The van der Waals surface area contributed by atoms with Gasteiger partial charge in [0.05, 0.1) is 13.2 Å². The van der Waals surface area contributed by atoms with Crippen molar-refractivity contribution in [2.45, 2.75) is 44.9 Å². The first kappa shape index (κ1) is 16.5. The highest BCUT2D eigenvalue weighted by Crippen LogP contribution is 2.42. The molecule has 1 aliphatic rings. The number of hydrogen-bond donors (Lipinski definition) is 0. The van der Waals surface area contributed by atoms with E-state index in [4.69, 9.17) is 9.47 Å². The predicted molar refractivity (Wildman–Crippen MR) is 87.5 cm³/mol. The van der Waals surface area contributed by atoms with E-state index in [1.165, 1.54) is 37.7 Å². The molecule has 118 valence electrons. The second kappa shape index (κ2) is 8.55. The van der Waals surface area contributed by atoms with Gasteiger partial charge in [0.25, 0.3) is 0 Å². The molecule has 1 aliphatic carbocycles. The molecular weight excluding hydrogens is 260 g/mol. The zero-order chi connectivity index (χ0) is 15.0. The van der Waals surface area contributed by atoms with Crippen LogP contribution in [0, 0.1) is 11.3 Å². The third-order valence-corrected chi connectivity index (χ3v) is 5.09. The average Bonchev–Trinajstić information content (AvgIpc) is 2.55. The number of hydrogen-bond acceptors (Lipinski definition) is 2. The number of aryl methyl sites for hydroxylation is 1. The Bertz CT molecular complexity index is 376. The van der Waals surface area contributed by atoms with Gasteiger partial charge in [0, 0.05) is 19.6 Å². The minimum absolute atomic E-state index is 0.180. The van der Waals surface area contributed by atoms with Gasteiger partial charge in [-0.2, -0.15) is 0 Å². The molecule has 2 nitrogen and oxygen atoms in total. The highest BCUT2D eigenvalue weighted by Gasteiger charge is 2.39. The van der Waals surface area contributed by atoms with Crippen LogP contribution in [0.1, 0.15) is 44.1 Å². The first-order valence-electron chi connectivity index (χ1n) is 8.32. The summed E-state index contributed by atoms with van der Waals surface area (Å²) in [5.74, 6) is 0.745. The molecule has 0 atom stereocenters. The number of rotatable bonds is 8. The monoisotopic (exact) mass is 290 g/mol. The summed E-state index contributed by atoms with van der Waals surface area (Å²) in [7, 11) is 3.66. The van der Waals surface area contributed by atoms with Crippen LogP contribution in [0.15, 0.2) is 30.3 Å². The second-order valence-corrected chi connectivity index (χ2v) is 6.55. The Morgan fingerprint density at radius 1 is 0.952 bits per heavy atom. The predicted octanol–water partition coefficient (Wildman–Crippen LogP) is 4.48. The van der Waals surface area contributed by atoms with Crippen LogP contribution >= 0.6 is 0 Å². The lowest BCUT2D eigenvalue weighted by molar-refractivity contribution is -0.0461. The smallest absolute Gasteiger partial charge is 0.0543 e. The third kappa shape index (κ3) is 4.55. The fourth-order valence-corrected chi connectivity index (χ4v) is 3.95. The van der Waals surface area contributed by atoms with Gasteiger partial charge >= 0.3 is 0 Å². The molecule has 0 radical (unpaired) electrons. The first-order valence-corrected chi connectivity index (χ1v) is 8.32. The van der Waals surface area contributed by atoms with Crippen molar-refractivity contribution in [1.82, 2.24) is 0 Å². The van der Waals surface area contributed by atoms with E-state index >= 15 is 0 Å². The molecule has 1 saturated carbocycles. The van der Waals surface area contributed by atoms with Crippen LogP contribution in [0.25, 0.3) is 0 Å². The van der Waals surface area contributed by atoms with E-state index in [1.807, 2.05) is 14.2 Å². The van der Waals surface area contributed by atoms with Gasteiger partial charge in [-0.1, -0.05) is 49.6 Å². The van der Waals surface area contributed by atoms with Crippen molar-refractivity contribution < 1.29 is 9.47 Å². The molecule has 2 heteroatoms. The summed E-state index contributed by atoms with van der Waals surface area (Å²) >= 11 is 0. The molecule has 1 fully saturated rings. The Morgan fingerprint density at radius 3 is 2.14 bits per heavy atom. The maximum Gasteiger partial charge on any atom is 0.0543 e. The summed E-state index contributed by atoms with van der Waals surface area (Å²) in [6.07, 6.45) is 9.07. The summed E-state index contributed by atoms with van der Waals surface area (Å²) < 4.78 is 11.2. The molecule has 0 amide bonds. The molecule has 0 bridgehead atoms. The van der Waals surface area contributed by atoms with E-state index < -0.39 is 0 Å². The standard InChI is InChI=1S/C19H30O2/c1-20-15-19(16-21-2,18-11-7-4-8-12-18)14-13-17-9-5-3-6-10-17/h3,5-6,9-10,18H,4,7-8,11-16H2,1-2H3. The first-order chi connectivity index (χ1) is 10.3. The minimum Gasteiger partial charge on any atom is -0.384 e. The van der Waals surface area contributed by atoms with Gasteiger partial charge in [-0.25, -0.2) is 0 Å². The molecule has 0 N–H and O–H groups in total. The summed E-state index contributed by atoms with van der Waals surface area (Å²) in [5.41, 5.74) is 1.60. The van der Waals surface area contributed by atoms with Gasteiger partial charge in [0.15, 0.2) is 0 Å². The lowest BCUT2D eigenvalue weighted by Crippen LogP contribution is -2.41. The zero-order valence-electron chi connectivity index (χ0n) is 13.6. The van der Waals surface area contributed by atoms with Crippen molar-refractivity contribution in [3.63, 3.8) is 0 Å². The molecule has 2 rings (SSSR count). The van der Waals surface area contributed by atoms with Gasteiger partial charge < -0.3 is 9.47 Å². The Hall–Kier alpha value is -0.860.